The highest BCUT2D eigenvalue weighted by Crippen LogP contribution is 2.18. The van der Waals surface area contributed by atoms with Crippen LogP contribution in [0.3, 0.4) is 0 Å². The fourth-order valence-electron chi connectivity index (χ4n) is 4.08. The molecule has 5 N–H and O–H groups in total. The van der Waals surface area contributed by atoms with Crippen molar-refractivity contribution in [1.29, 1.82) is 0 Å². The van der Waals surface area contributed by atoms with E-state index in [1.165, 1.54) is 6.07 Å². The molecule has 11 heteroatoms. The van der Waals surface area contributed by atoms with Crippen LogP contribution < -0.4 is 26.0 Å². The Morgan fingerprint density at radius 3 is 2.33 bits per heavy atom. The quantitative estimate of drug-likeness (QED) is 0.388. The summed E-state index contributed by atoms with van der Waals surface area (Å²) in [5.41, 5.74) is 0.946. The molecule has 0 radical (unpaired) electrons. The summed E-state index contributed by atoms with van der Waals surface area (Å²) in [6.07, 6.45) is 0.0405. The van der Waals surface area contributed by atoms with Crippen molar-refractivity contribution in [3.8, 4) is 5.75 Å². The summed E-state index contributed by atoms with van der Waals surface area (Å²) in [6, 6.07) is 12.0. The molecule has 0 saturated heterocycles. The minimum atomic E-state index is -1.54. The number of carbonyl (C=O) groups excluding carboxylic acids is 4. The molecular formula is C28H34N4O7. The first-order valence-corrected chi connectivity index (χ1v) is 12.8. The number of para-hydroxylation sites is 1. The van der Waals surface area contributed by atoms with Gasteiger partial charge in [0.1, 0.15) is 23.9 Å². The predicted octanol–water partition coefficient (Wildman–Crippen LogP) is 1.03. The van der Waals surface area contributed by atoms with Crippen LogP contribution in [-0.2, 0) is 25.6 Å². The van der Waals surface area contributed by atoms with Gasteiger partial charge in [0, 0.05) is 13.0 Å². The number of carbonyl (C=O) groups is 5. The van der Waals surface area contributed by atoms with Crippen molar-refractivity contribution in [3.05, 3.63) is 65.7 Å². The van der Waals surface area contributed by atoms with Gasteiger partial charge in [-0.05, 0) is 30.0 Å². The minimum Gasteiger partial charge on any atom is -0.493 e. The summed E-state index contributed by atoms with van der Waals surface area (Å²) in [7, 11) is 0. The smallest absolute Gasteiger partial charge is 0.326 e. The van der Waals surface area contributed by atoms with Gasteiger partial charge in [-0.15, -0.1) is 0 Å². The zero-order valence-corrected chi connectivity index (χ0v) is 21.9. The SMILES string of the molecule is CC(C)[C@H]1NC(=O)C[C@@H](C(=O)O)NC(=O)c2ccccc2OCCCNC(=O)[C@H](Cc2ccccc2)NC1=O. The number of amides is 4. The van der Waals surface area contributed by atoms with E-state index in [-0.39, 0.29) is 36.8 Å². The fraction of sp³-hybridized carbons (Fsp3) is 0.393. The second-order valence-corrected chi connectivity index (χ2v) is 9.60. The topological polar surface area (TPSA) is 163 Å². The van der Waals surface area contributed by atoms with Gasteiger partial charge in [0.25, 0.3) is 5.91 Å². The summed E-state index contributed by atoms with van der Waals surface area (Å²) < 4.78 is 5.73. The molecule has 0 aromatic heterocycles. The molecule has 1 aliphatic heterocycles. The van der Waals surface area contributed by atoms with Crippen molar-refractivity contribution >= 4 is 29.6 Å². The molecular weight excluding hydrogens is 504 g/mol. The number of carboxylic acid groups (broad SMARTS) is 1. The average molecular weight is 539 g/mol. The highest BCUT2D eigenvalue weighted by atomic mass is 16.5. The van der Waals surface area contributed by atoms with Gasteiger partial charge in [-0.3, -0.25) is 19.2 Å². The maximum Gasteiger partial charge on any atom is 0.326 e. The summed E-state index contributed by atoms with van der Waals surface area (Å²) in [5, 5.41) is 20.1. The second-order valence-electron chi connectivity index (χ2n) is 9.60. The van der Waals surface area contributed by atoms with Crippen molar-refractivity contribution in [2.75, 3.05) is 13.2 Å². The Hall–Kier alpha value is -4.41. The molecule has 0 unspecified atom stereocenters. The van der Waals surface area contributed by atoms with Gasteiger partial charge in [-0.1, -0.05) is 56.3 Å². The van der Waals surface area contributed by atoms with Crippen LogP contribution in [0.2, 0.25) is 0 Å². The highest BCUT2D eigenvalue weighted by molar-refractivity contribution is 6.00. The number of ether oxygens (including phenoxy) is 1. The van der Waals surface area contributed by atoms with Crippen molar-refractivity contribution < 1.29 is 33.8 Å². The average Bonchev–Trinajstić information content (AvgIpc) is 2.90. The number of hydrogen-bond donors (Lipinski definition) is 5. The lowest BCUT2D eigenvalue weighted by molar-refractivity contribution is -0.141. The van der Waals surface area contributed by atoms with Crippen LogP contribution in [-0.4, -0.2) is 66.0 Å². The minimum absolute atomic E-state index is 0.108. The molecule has 0 spiro atoms. The van der Waals surface area contributed by atoms with E-state index >= 15 is 0 Å². The molecule has 4 amide bonds. The van der Waals surface area contributed by atoms with Gasteiger partial charge >= 0.3 is 5.97 Å². The van der Waals surface area contributed by atoms with Gasteiger partial charge in [-0.25, -0.2) is 4.79 Å². The van der Waals surface area contributed by atoms with Crippen molar-refractivity contribution in [2.45, 2.75) is 51.2 Å². The van der Waals surface area contributed by atoms with E-state index in [0.717, 1.165) is 5.56 Å². The van der Waals surface area contributed by atoms with Crippen molar-refractivity contribution in [1.82, 2.24) is 21.3 Å². The third kappa shape index (κ3) is 8.56. The molecule has 208 valence electrons. The van der Waals surface area contributed by atoms with Gasteiger partial charge in [0.15, 0.2) is 0 Å². The van der Waals surface area contributed by atoms with Crippen LogP contribution in [0.15, 0.2) is 54.6 Å². The molecule has 11 nitrogen and oxygen atoms in total. The number of rotatable bonds is 4. The molecule has 1 aliphatic rings. The summed E-state index contributed by atoms with van der Waals surface area (Å²) in [6.45, 7) is 3.85. The Kier molecular flexibility index (Phi) is 10.4. The van der Waals surface area contributed by atoms with E-state index in [9.17, 15) is 29.1 Å². The van der Waals surface area contributed by atoms with Crippen LogP contribution in [0.1, 0.15) is 42.6 Å². The number of nitrogens with one attached hydrogen (secondary N) is 4. The first kappa shape index (κ1) is 29.2. The van der Waals surface area contributed by atoms with Gasteiger partial charge in [0.05, 0.1) is 18.6 Å². The first-order chi connectivity index (χ1) is 18.7. The zero-order chi connectivity index (χ0) is 28.4. The Bertz CT molecular complexity index is 1190. The standard InChI is InChI=1S/C28H34N4O7/c1-17(2)24-27(36)30-20(15-18-9-4-3-5-10-18)26(35)29-13-8-14-39-22-12-7-6-11-19(22)25(34)31-21(28(37)38)16-23(33)32-24/h3-7,9-12,17,20-21,24H,8,13-16H2,1-2H3,(H,29,35)(H,30,36)(H,31,34)(H,32,33)(H,37,38)/t20-,21-,24+/m0/s1. The van der Waals surface area contributed by atoms with E-state index in [4.69, 9.17) is 4.74 Å². The van der Waals surface area contributed by atoms with E-state index in [0.29, 0.717) is 6.42 Å². The first-order valence-electron chi connectivity index (χ1n) is 12.8. The van der Waals surface area contributed by atoms with Crippen molar-refractivity contribution in [3.63, 3.8) is 0 Å². The Morgan fingerprint density at radius 2 is 1.64 bits per heavy atom. The molecule has 1 heterocycles. The zero-order valence-electron chi connectivity index (χ0n) is 21.9. The molecule has 0 bridgehead atoms. The van der Waals surface area contributed by atoms with Crippen LogP contribution in [0.25, 0.3) is 0 Å². The number of fused-ring (bicyclic) bond motifs is 1. The van der Waals surface area contributed by atoms with Crippen LogP contribution in [0.5, 0.6) is 5.75 Å². The number of aliphatic carboxylic acids is 1. The Balaban J connectivity index is 1.88. The number of hydrogen-bond acceptors (Lipinski definition) is 6. The molecule has 0 aliphatic carbocycles. The van der Waals surface area contributed by atoms with Crippen LogP contribution in [0.4, 0.5) is 0 Å². The van der Waals surface area contributed by atoms with Gasteiger partial charge in [-0.2, -0.15) is 0 Å². The van der Waals surface area contributed by atoms with E-state index in [1.807, 2.05) is 30.3 Å². The highest BCUT2D eigenvalue weighted by Gasteiger charge is 2.31. The lowest BCUT2D eigenvalue weighted by atomic mass is 10.0. The maximum absolute atomic E-state index is 13.2. The van der Waals surface area contributed by atoms with Crippen LogP contribution >= 0.6 is 0 Å². The normalized spacial score (nSPS) is 21.7. The molecule has 2 aromatic carbocycles. The summed E-state index contributed by atoms with van der Waals surface area (Å²) in [5.74, 6) is -3.98. The molecule has 39 heavy (non-hydrogen) atoms. The summed E-state index contributed by atoms with van der Waals surface area (Å²) >= 11 is 0. The third-order valence-corrected chi connectivity index (χ3v) is 6.18. The number of carboxylic acids is 1. The predicted molar refractivity (Wildman–Crippen MR) is 142 cm³/mol. The van der Waals surface area contributed by atoms with E-state index < -0.39 is 54.1 Å². The molecule has 2 aromatic rings. The fourth-order valence-corrected chi connectivity index (χ4v) is 4.08. The molecule has 0 saturated carbocycles. The van der Waals surface area contributed by atoms with Gasteiger partial charge in [0.2, 0.25) is 17.7 Å². The van der Waals surface area contributed by atoms with Crippen molar-refractivity contribution in [2.24, 2.45) is 5.92 Å². The van der Waals surface area contributed by atoms with E-state index in [2.05, 4.69) is 21.3 Å². The lowest BCUT2D eigenvalue weighted by Crippen LogP contribution is -2.56. The lowest BCUT2D eigenvalue weighted by Gasteiger charge is -2.26. The third-order valence-electron chi connectivity index (χ3n) is 6.18. The van der Waals surface area contributed by atoms with E-state index in [1.54, 1.807) is 32.0 Å². The Labute approximate surface area is 226 Å². The maximum atomic E-state index is 13.2. The Morgan fingerprint density at radius 1 is 0.949 bits per heavy atom. The van der Waals surface area contributed by atoms with Gasteiger partial charge < -0.3 is 31.1 Å². The summed E-state index contributed by atoms with van der Waals surface area (Å²) in [4.78, 5) is 63.9. The van der Waals surface area contributed by atoms with Crippen LogP contribution in [0, 0.1) is 5.92 Å². The number of benzene rings is 2. The largest absolute Gasteiger partial charge is 0.493 e. The monoisotopic (exact) mass is 538 g/mol. The molecule has 3 atom stereocenters. The molecule has 0 fully saturated rings. The second kappa shape index (κ2) is 13.9. The molecule has 3 rings (SSSR count).